The Hall–Kier alpha value is -2.32. The smallest absolute Gasteiger partial charge is 0.293 e. The average Bonchev–Trinajstić information content (AvgIpc) is 2.97. The number of benzene rings is 1. The van der Waals surface area contributed by atoms with E-state index < -0.39 is 0 Å². The van der Waals surface area contributed by atoms with Crippen molar-refractivity contribution in [2.75, 3.05) is 26.2 Å². The molecule has 7 nitrogen and oxygen atoms in total. The van der Waals surface area contributed by atoms with E-state index in [1.807, 2.05) is 0 Å². The van der Waals surface area contributed by atoms with Gasteiger partial charge in [0.25, 0.3) is 11.1 Å². The predicted molar refractivity (Wildman–Crippen MR) is 112 cm³/mol. The number of thioether (sulfide) groups is 1. The zero-order chi connectivity index (χ0) is 21.0. The summed E-state index contributed by atoms with van der Waals surface area (Å²) in [6.45, 7) is 3.01. The molecule has 29 heavy (non-hydrogen) atoms. The lowest BCUT2D eigenvalue weighted by Gasteiger charge is -2.30. The van der Waals surface area contributed by atoms with E-state index in [9.17, 15) is 19.2 Å². The van der Waals surface area contributed by atoms with E-state index in [2.05, 4.69) is 5.32 Å². The zero-order valence-electron chi connectivity index (χ0n) is 16.0. The van der Waals surface area contributed by atoms with Gasteiger partial charge in [0.05, 0.1) is 4.91 Å². The van der Waals surface area contributed by atoms with Crippen LogP contribution in [0.15, 0.2) is 29.2 Å². The molecule has 154 valence electrons. The van der Waals surface area contributed by atoms with Crippen molar-refractivity contribution >= 4 is 52.4 Å². The Morgan fingerprint density at radius 1 is 1.21 bits per heavy atom. The van der Waals surface area contributed by atoms with Gasteiger partial charge in [0.15, 0.2) is 0 Å². The number of hydrogen-bond donors (Lipinski definition) is 1. The molecular weight excluding hydrogens is 414 g/mol. The summed E-state index contributed by atoms with van der Waals surface area (Å²) in [7, 11) is 0. The standard InChI is InChI=1S/C20H22ClN3O4S/c1-13(25)23-9-6-15(7-10-23)18(26)22-8-11-24-19(27)17(29-20(24)28)12-14-2-4-16(21)5-3-14/h2-5,12,15H,6-11H2,1H3,(H,22,26)/b17-12-. The molecule has 2 fully saturated rings. The summed E-state index contributed by atoms with van der Waals surface area (Å²) in [5.74, 6) is -0.587. The number of nitrogens with one attached hydrogen (secondary N) is 1. The van der Waals surface area contributed by atoms with Gasteiger partial charge in [0.2, 0.25) is 11.8 Å². The highest BCUT2D eigenvalue weighted by atomic mass is 35.5. The number of rotatable bonds is 5. The molecule has 4 amide bonds. The first-order chi connectivity index (χ1) is 13.8. The summed E-state index contributed by atoms with van der Waals surface area (Å²) in [5.41, 5.74) is 0.783. The Balaban J connectivity index is 1.49. The molecule has 0 saturated carbocycles. The van der Waals surface area contributed by atoms with Gasteiger partial charge in [0.1, 0.15) is 0 Å². The summed E-state index contributed by atoms with van der Waals surface area (Å²) in [6.07, 6.45) is 2.90. The first-order valence-corrected chi connectivity index (χ1v) is 10.6. The van der Waals surface area contributed by atoms with Gasteiger partial charge in [-0.3, -0.25) is 24.1 Å². The Morgan fingerprint density at radius 3 is 2.48 bits per heavy atom. The Morgan fingerprint density at radius 2 is 1.86 bits per heavy atom. The van der Waals surface area contributed by atoms with E-state index in [-0.39, 0.29) is 42.0 Å². The van der Waals surface area contributed by atoms with Gasteiger partial charge >= 0.3 is 0 Å². The van der Waals surface area contributed by atoms with E-state index >= 15 is 0 Å². The minimum Gasteiger partial charge on any atom is -0.354 e. The normalized spacial score (nSPS) is 19.2. The van der Waals surface area contributed by atoms with E-state index in [0.29, 0.717) is 35.9 Å². The van der Waals surface area contributed by atoms with Gasteiger partial charge in [-0.2, -0.15) is 0 Å². The molecule has 1 aromatic carbocycles. The maximum absolute atomic E-state index is 12.5. The number of carbonyl (C=O) groups excluding carboxylic acids is 4. The van der Waals surface area contributed by atoms with Crippen molar-refractivity contribution in [1.29, 1.82) is 0 Å². The second-order valence-electron chi connectivity index (χ2n) is 6.96. The minimum absolute atomic E-state index is 0.0230. The largest absolute Gasteiger partial charge is 0.354 e. The highest BCUT2D eigenvalue weighted by Crippen LogP contribution is 2.32. The molecule has 0 spiro atoms. The monoisotopic (exact) mass is 435 g/mol. The Labute approximate surface area is 178 Å². The van der Waals surface area contributed by atoms with Crippen LogP contribution in [0.25, 0.3) is 6.08 Å². The highest BCUT2D eigenvalue weighted by molar-refractivity contribution is 8.18. The zero-order valence-corrected chi connectivity index (χ0v) is 17.6. The van der Waals surface area contributed by atoms with Gasteiger partial charge in [-0.15, -0.1) is 0 Å². The van der Waals surface area contributed by atoms with Crippen LogP contribution in [0, 0.1) is 5.92 Å². The topological polar surface area (TPSA) is 86.8 Å². The molecule has 3 rings (SSSR count). The summed E-state index contributed by atoms with van der Waals surface area (Å²) in [5, 5.41) is 3.05. The molecule has 2 aliphatic rings. The van der Waals surface area contributed by atoms with Crippen LogP contribution < -0.4 is 5.32 Å². The number of amides is 4. The number of likely N-dealkylation sites (tertiary alicyclic amines) is 1. The number of piperidine rings is 1. The van der Waals surface area contributed by atoms with Gasteiger partial charge < -0.3 is 10.2 Å². The van der Waals surface area contributed by atoms with Gasteiger partial charge in [0, 0.05) is 44.0 Å². The molecule has 0 unspecified atom stereocenters. The Kier molecular flexibility index (Phi) is 6.97. The van der Waals surface area contributed by atoms with Crippen LogP contribution in [0.4, 0.5) is 4.79 Å². The first kappa shape index (κ1) is 21.4. The van der Waals surface area contributed by atoms with Crippen LogP contribution >= 0.6 is 23.4 Å². The maximum atomic E-state index is 12.5. The molecular formula is C20H22ClN3O4S. The van der Waals surface area contributed by atoms with Crippen molar-refractivity contribution in [3.63, 3.8) is 0 Å². The van der Waals surface area contributed by atoms with Gasteiger partial charge in [-0.05, 0) is 48.4 Å². The summed E-state index contributed by atoms with van der Waals surface area (Å²) in [6, 6.07) is 6.98. The van der Waals surface area contributed by atoms with E-state index in [4.69, 9.17) is 11.6 Å². The SMILES string of the molecule is CC(=O)N1CCC(C(=O)NCCN2C(=O)S/C(=C\c3ccc(Cl)cc3)C2=O)CC1. The summed E-state index contributed by atoms with van der Waals surface area (Å²) < 4.78 is 0. The van der Waals surface area contributed by atoms with Gasteiger partial charge in [-0.1, -0.05) is 23.7 Å². The van der Waals surface area contributed by atoms with Crippen molar-refractivity contribution in [3.05, 3.63) is 39.8 Å². The second kappa shape index (κ2) is 9.45. The number of nitrogens with zero attached hydrogens (tertiary/aromatic N) is 2. The quantitative estimate of drug-likeness (QED) is 0.718. The third kappa shape index (κ3) is 5.39. The lowest BCUT2D eigenvalue weighted by Crippen LogP contribution is -2.44. The van der Waals surface area contributed by atoms with Crippen LogP contribution in [-0.2, 0) is 14.4 Å². The molecule has 2 heterocycles. The van der Waals surface area contributed by atoms with Crippen LogP contribution in [0.3, 0.4) is 0 Å². The lowest BCUT2D eigenvalue weighted by molar-refractivity contribution is -0.133. The van der Waals surface area contributed by atoms with Gasteiger partial charge in [-0.25, -0.2) is 0 Å². The molecule has 1 aromatic rings. The van der Waals surface area contributed by atoms with Crippen molar-refractivity contribution < 1.29 is 19.2 Å². The maximum Gasteiger partial charge on any atom is 0.293 e. The first-order valence-electron chi connectivity index (χ1n) is 9.39. The van der Waals surface area contributed by atoms with Crippen molar-refractivity contribution in [1.82, 2.24) is 15.1 Å². The fourth-order valence-electron chi connectivity index (χ4n) is 3.29. The van der Waals surface area contributed by atoms with Crippen LogP contribution in [0.1, 0.15) is 25.3 Å². The fraction of sp³-hybridized carbons (Fsp3) is 0.400. The van der Waals surface area contributed by atoms with E-state index in [1.54, 1.807) is 35.2 Å². The van der Waals surface area contributed by atoms with Crippen molar-refractivity contribution in [2.24, 2.45) is 5.92 Å². The van der Waals surface area contributed by atoms with Crippen LogP contribution in [0.2, 0.25) is 5.02 Å². The number of carbonyl (C=O) groups is 4. The van der Waals surface area contributed by atoms with Crippen molar-refractivity contribution in [2.45, 2.75) is 19.8 Å². The average molecular weight is 436 g/mol. The predicted octanol–water partition coefficient (Wildman–Crippen LogP) is 2.75. The van der Waals surface area contributed by atoms with E-state index in [1.165, 1.54) is 6.92 Å². The molecule has 1 N–H and O–H groups in total. The third-order valence-electron chi connectivity index (χ3n) is 4.99. The lowest BCUT2D eigenvalue weighted by atomic mass is 9.96. The van der Waals surface area contributed by atoms with E-state index in [0.717, 1.165) is 22.2 Å². The number of halogens is 1. The molecule has 0 atom stereocenters. The second-order valence-corrected chi connectivity index (χ2v) is 8.39. The molecule has 0 bridgehead atoms. The highest BCUT2D eigenvalue weighted by Gasteiger charge is 2.35. The van der Waals surface area contributed by atoms with Crippen molar-refractivity contribution in [3.8, 4) is 0 Å². The van der Waals surface area contributed by atoms with Crippen LogP contribution in [-0.4, -0.2) is 58.9 Å². The summed E-state index contributed by atoms with van der Waals surface area (Å²) >= 11 is 6.74. The third-order valence-corrected chi connectivity index (χ3v) is 6.15. The molecule has 0 radical (unpaired) electrons. The summed E-state index contributed by atoms with van der Waals surface area (Å²) in [4.78, 5) is 51.6. The molecule has 0 aromatic heterocycles. The molecule has 2 saturated heterocycles. The molecule has 9 heteroatoms. The molecule has 0 aliphatic carbocycles. The van der Waals surface area contributed by atoms with Crippen LogP contribution in [0.5, 0.6) is 0 Å². The minimum atomic E-state index is -0.362. The molecule has 2 aliphatic heterocycles. The Bertz CT molecular complexity index is 848. The fourth-order valence-corrected chi connectivity index (χ4v) is 4.29. The number of hydrogen-bond acceptors (Lipinski definition) is 5. The number of imide groups is 1.